The molecule has 0 aliphatic heterocycles. The lowest BCUT2D eigenvalue weighted by Crippen LogP contribution is -2.50. The number of carbonyl (C=O) groups excluding carboxylic acids is 1. The van der Waals surface area contributed by atoms with E-state index in [1.165, 1.54) is 9.75 Å². The fraction of sp³-hybridized carbons (Fsp3) is 0.667. The molecule has 2 nitrogen and oxygen atoms in total. The Kier molecular flexibility index (Phi) is 5.54. The number of hydrogen-bond acceptors (Lipinski definition) is 3. The third kappa shape index (κ3) is 3.01. The average molecular weight is 267 g/mol. The van der Waals surface area contributed by atoms with Crippen LogP contribution < -0.4 is 0 Å². The Bertz CT molecular complexity index is 391. The predicted octanol–water partition coefficient (Wildman–Crippen LogP) is 3.54. The molecule has 1 aromatic heterocycles. The van der Waals surface area contributed by atoms with Gasteiger partial charge in [0.1, 0.15) is 0 Å². The SMILES string of the molecule is CCc1ccc(CC(=O)C(CC)(CC)N(C)C)s1. The van der Waals surface area contributed by atoms with Crippen molar-refractivity contribution < 1.29 is 4.79 Å². The van der Waals surface area contributed by atoms with E-state index in [4.69, 9.17) is 0 Å². The van der Waals surface area contributed by atoms with Crippen LogP contribution in [0.5, 0.6) is 0 Å². The number of likely N-dealkylation sites (N-methyl/N-ethyl adjacent to an activating group) is 1. The van der Waals surface area contributed by atoms with Gasteiger partial charge in [-0.2, -0.15) is 0 Å². The highest BCUT2D eigenvalue weighted by Gasteiger charge is 2.36. The standard InChI is InChI=1S/C15H25NOS/c1-6-12-9-10-13(18-12)11-14(17)15(7-2,8-3)16(4)5/h9-10H,6-8,11H2,1-5H3. The van der Waals surface area contributed by atoms with E-state index in [0.717, 1.165) is 19.3 Å². The summed E-state index contributed by atoms with van der Waals surface area (Å²) in [5, 5.41) is 0. The van der Waals surface area contributed by atoms with Crippen molar-refractivity contribution in [1.29, 1.82) is 0 Å². The van der Waals surface area contributed by atoms with Crippen LogP contribution in [0, 0.1) is 0 Å². The first-order chi connectivity index (χ1) is 8.50. The van der Waals surface area contributed by atoms with Gasteiger partial charge >= 0.3 is 0 Å². The van der Waals surface area contributed by atoms with Crippen LogP contribution >= 0.6 is 11.3 Å². The van der Waals surface area contributed by atoms with Gasteiger partial charge < -0.3 is 0 Å². The molecule has 0 amide bonds. The summed E-state index contributed by atoms with van der Waals surface area (Å²) < 4.78 is 0. The number of ketones is 1. The van der Waals surface area contributed by atoms with E-state index >= 15 is 0 Å². The van der Waals surface area contributed by atoms with Gasteiger partial charge in [-0.15, -0.1) is 11.3 Å². The van der Waals surface area contributed by atoms with Crippen molar-refractivity contribution in [2.75, 3.05) is 14.1 Å². The van der Waals surface area contributed by atoms with Crippen LogP contribution in [0.1, 0.15) is 43.4 Å². The van der Waals surface area contributed by atoms with Crippen LogP contribution in [0.25, 0.3) is 0 Å². The van der Waals surface area contributed by atoms with E-state index in [1.807, 2.05) is 14.1 Å². The van der Waals surface area contributed by atoms with Gasteiger partial charge in [0.05, 0.1) is 5.54 Å². The molecule has 0 bridgehead atoms. The van der Waals surface area contributed by atoms with Crippen molar-refractivity contribution in [1.82, 2.24) is 4.90 Å². The van der Waals surface area contributed by atoms with Gasteiger partial charge in [-0.3, -0.25) is 9.69 Å². The Balaban J connectivity index is 2.85. The summed E-state index contributed by atoms with van der Waals surface area (Å²) in [6.07, 6.45) is 3.38. The first kappa shape index (κ1) is 15.4. The predicted molar refractivity (Wildman–Crippen MR) is 79.4 cm³/mol. The summed E-state index contributed by atoms with van der Waals surface area (Å²) in [6, 6.07) is 4.25. The van der Waals surface area contributed by atoms with Crippen LogP contribution in [-0.4, -0.2) is 30.3 Å². The molecule has 0 aliphatic rings. The lowest BCUT2D eigenvalue weighted by Gasteiger charge is -2.37. The number of aryl methyl sites for hydroxylation is 1. The molecule has 3 heteroatoms. The Morgan fingerprint density at radius 1 is 1.17 bits per heavy atom. The highest BCUT2D eigenvalue weighted by Crippen LogP contribution is 2.26. The second-order valence-electron chi connectivity index (χ2n) is 4.95. The van der Waals surface area contributed by atoms with Crippen molar-refractivity contribution in [2.24, 2.45) is 0 Å². The Morgan fingerprint density at radius 2 is 1.72 bits per heavy atom. The number of hydrogen-bond donors (Lipinski definition) is 0. The fourth-order valence-electron chi connectivity index (χ4n) is 2.56. The zero-order chi connectivity index (χ0) is 13.8. The lowest BCUT2D eigenvalue weighted by molar-refractivity contribution is -0.129. The smallest absolute Gasteiger partial charge is 0.158 e. The number of Topliss-reactive ketones (excluding diaryl/α,β-unsaturated/α-hetero) is 1. The zero-order valence-corrected chi connectivity index (χ0v) is 13.1. The number of rotatable bonds is 7. The van der Waals surface area contributed by atoms with E-state index < -0.39 is 0 Å². The summed E-state index contributed by atoms with van der Waals surface area (Å²) in [4.78, 5) is 17.2. The third-order valence-corrected chi connectivity index (χ3v) is 5.17. The minimum Gasteiger partial charge on any atom is -0.297 e. The molecule has 0 aromatic carbocycles. The van der Waals surface area contributed by atoms with E-state index in [2.05, 4.69) is 37.8 Å². The zero-order valence-electron chi connectivity index (χ0n) is 12.2. The molecule has 0 unspecified atom stereocenters. The van der Waals surface area contributed by atoms with E-state index in [1.54, 1.807) is 11.3 Å². The summed E-state index contributed by atoms with van der Waals surface area (Å²) in [5.74, 6) is 0.349. The molecule has 0 spiro atoms. The normalized spacial score (nSPS) is 12.1. The molecule has 0 aliphatic carbocycles. The molecule has 0 fully saturated rings. The second-order valence-corrected chi connectivity index (χ2v) is 6.21. The monoisotopic (exact) mass is 267 g/mol. The summed E-state index contributed by atoms with van der Waals surface area (Å²) >= 11 is 1.77. The molecule has 0 saturated heterocycles. The van der Waals surface area contributed by atoms with E-state index in [9.17, 15) is 4.79 Å². The van der Waals surface area contributed by atoms with E-state index in [-0.39, 0.29) is 5.54 Å². The number of thiophene rings is 1. The quantitative estimate of drug-likeness (QED) is 0.753. The van der Waals surface area contributed by atoms with Crippen LogP contribution in [0.2, 0.25) is 0 Å². The molecule has 102 valence electrons. The maximum atomic E-state index is 12.6. The minimum absolute atomic E-state index is 0.295. The number of carbonyl (C=O) groups is 1. The lowest BCUT2D eigenvalue weighted by atomic mass is 9.85. The van der Waals surface area contributed by atoms with Gasteiger partial charge in [0, 0.05) is 16.2 Å². The van der Waals surface area contributed by atoms with Gasteiger partial charge in [0.2, 0.25) is 0 Å². The molecule has 1 heterocycles. The van der Waals surface area contributed by atoms with Gasteiger partial charge in [-0.05, 0) is 45.5 Å². The van der Waals surface area contributed by atoms with Crippen molar-refractivity contribution >= 4 is 17.1 Å². The maximum Gasteiger partial charge on any atom is 0.158 e. The highest BCUT2D eigenvalue weighted by molar-refractivity contribution is 7.12. The van der Waals surface area contributed by atoms with Crippen LogP contribution in [0.3, 0.4) is 0 Å². The van der Waals surface area contributed by atoms with Crippen LogP contribution in [0.4, 0.5) is 0 Å². The molecule has 1 rings (SSSR count). The van der Waals surface area contributed by atoms with Crippen LogP contribution in [-0.2, 0) is 17.6 Å². The molecular weight excluding hydrogens is 242 g/mol. The van der Waals surface area contributed by atoms with Crippen molar-refractivity contribution in [3.05, 3.63) is 21.9 Å². The molecule has 0 N–H and O–H groups in total. The summed E-state index contributed by atoms with van der Waals surface area (Å²) in [6.45, 7) is 6.36. The topological polar surface area (TPSA) is 20.3 Å². The number of nitrogens with zero attached hydrogens (tertiary/aromatic N) is 1. The molecule has 0 atom stereocenters. The summed E-state index contributed by atoms with van der Waals surface area (Å²) in [5.41, 5.74) is -0.295. The van der Waals surface area contributed by atoms with E-state index in [0.29, 0.717) is 12.2 Å². The fourth-order valence-corrected chi connectivity index (χ4v) is 3.51. The van der Waals surface area contributed by atoms with Gasteiger partial charge in [0.25, 0.3) is 0 Å². The molecule has 0 radical (unpaired) electrons. The largest absolute Gasteiger partial charge is 0.297 e. The minimum atomic E-state index is -0.295. The Hall–Kier alpha value is -0.670. The van der Waals surface area contributed by atoms with Crippen molar-refractivity contribution in [3.8, 4) is 0 Å². The van der Waals surface area contributed by atoms with Crippen molar-refractivity contribution in [3.63, 3.8) is 0 Å². The van der Waals surface area contributed by atoms with Gasteiger partial charge in [0.15, 0.2) is 5.78 Å². The summed E-state index contributed by atoms with van der Waals surface area (Å²) in [7, 11) is 4.02. The molecule has 1 aromatic rings. The maximum absolute atomic E-state index is 12.6. The molecule has 18 heavy (non-hydrogen) atoms. The first-order valence-corrected chi connectivity index (χ1v) is 7.60. The second kappa shape index (κ2) is 6.48. The molecular formula is C15H25NOS. The van der Waals surface area contributed by atoms with Gasteiger partial charge in [-0.25, -0.2) is 0 Å². The highest BCUT2D eigenvalue weighted by atomic mass is 32.1. The average Bonchev–Trinajstić information content (AvgIpc) is 2.78. The van der Waals surface area contributed by atoms with Crippen molar-refractivity contribution in [2.45, 2.75) is 52.0 Å². The Morgan fingerprint density at radius 3 is 2.11 bits per heavy atom. The Labute approximate surface area is 115 Å². The first-order valence-electron chi connectivity index (χ1n) is 6.78. The van der Waals surface area contributed by atoms with Crippen LogP contribution in [0.15, 0.2) is 12.1 Å². The third-order valence-electron chi connectivity index (χ3n) is 3.95. The molecule has 0 saturated carbocycles. The van der Waals surface area contributed by atoms with Gasteiger partial charge in [-0.1, -0.05) is 20.8 Å².